The Labute approximate surface area is 534 Å². The minimum absolute atomic E-state index is 0.176. The van der Waals surface area contributed by atoms with Gasteiger partial charge in [-0.2, -0.15) is 0 Å². The normalized spacial score (nSPS) is 12.9. The van der Waals surface area contributed by atoms with Crippen LogP contribution in [-0.4, -0.2) is 18.4 Å². The molecule has 12 aromatic carbocycles. The third-order valence-corrected chi connectivity index (χ3v) is 19.6. The van der Waals surface area contributed by atoms with Crippen LogP contribution in [0.3, 0.4) is 0 Å². The van der Waals surface area contributed by atoms with Gasteiger partial charge in [-0.1, -0.05) is 188 Å². The summed E-state index contributed by atoms with van der Waals surface area (Å²) in [6.45, 7) is -0.356. The predicted molar refractivity (Wildman–Crippen MR) is 385 cm³/mol. The average Bonchev–Trinajstić information content (AvgIpc) is 1.45. The molecule has 0 aliphatic carbocycles. The lowest BCUT2D eigenvalue weighted by Crippen LogP contribution is -2.65. The first kappa shape index (κ1) is 52.5. The van der Waals surface area contributed by atoms with Crippen LogP contribution in [0.2, 0.25) is 0 Å². The summed E-state index contributed by atoms with van der Waals surface area (Å²) in [5.74, 6) is 0.826. The van der Waals surface area contributed by atoms with Crippen LogP contribution in [0.4, 0.5) is 103 Å². The second kappa shape index (κ2) is 21.6. The van der Waals surface area contributed by atoms with Gasteiger partial charge in [0, 0.05) is 95.5 Å². The third kappa shape index (κ3) is 8.55. The summed E-state index contributed by atoms with van der Waals surface area (Å²) < 4.78 is 1.30. The summed E-state index contributed by atoms with van der Waals surface area (Å²) >= 11 is 1.92. The van der Waals surface area contributed by atoms with Gasteiger partial charge in [0.05, 0.1) is 17.1 Å². The number of benzene rings is 12. The molecule has 2 aromatic heterocycles. The minimum atomic E-state index is -0.179. The highest BCUT2D eigenvalue weighted by Crippen LogP contribution is 2.53. The van der Waals surface area contributed by atoms with E-state index < -0.39 is 0 Å². The van der Waals surface area contributed by atoms with Gasteiger partial charge >= 0.3 is 0 Å². The van der Waals surface area contributed by atoms with Crippen molar-refractivity contribution >= 4 is 159 Å². The second-order valence-corrected chi connectivity index (χ2v) is 24.5. The van der Waals surface area contributed by atoms with E-state index in [9.17, 15) is 0 Å². The first-order valence-corrected chi connectivity index (χ1v) is 31.9. The topological polar surface area (TPSA) is 32.3 Å². The van der Waals surface area contributed by atoms with Crippen LogP contribution in [0.15, 0.2) is 334 Å². The summed E-state index contributed by atoms with van der Waals surface area (Å²) in [5.41, 5.74) is 26.0. The Morgan fingerprint density at radius 1 is 0.275 bits per heavy atom. The molecule has 14 aromatic rings. The Morgan fingerprint density at radius 2 is 0.659 bits per heavy atom. The molecule has 91 heavy (non-hydrogen) atoms. The highest BCUT2D eigenvalue weighted by atomic mass is 32.1. The zero-order valence-electron chi connectivity index (χ0n) is 49.4. The number of hydrogen-bond acceptors (Lipinski definition) is 8. The fourth-order valence-corrected chi connectivity index (χ4v) is 15.9. The van der Waals surface area contributed by atoms with Gasteiger partial charge in [-0.25, -0.2) is 4.98 Å². The number of para-hydroxylation sites is 8. The molecule has 0 bridgehead atoms. The SMILES string of the molecule is c1ccc(-c2cc3c(s2)B2c4cc5c(cc4N(c4ccccc4)c4cc(N(c6ccccc6)c6ccccc6)cc(c42)N3c2ccccc2)N(c2ccccc2)c2cc(N(c3ccccc3)c3ccccn3)cc3c2B5c2ccccc2N3c2ccccc2)cc1. The maximum absolute atomic E-state index is 5.08. The summed E-state index contributed by atoms with van der Waals surface area (Å²) in [7, 11) is 0. The lowest BCUT2D eigenvalue weighted by molar-refractivity contribution is 1.17. The molecular weight excluding hydrogens is 1120 g/mol. The minimum Gasteiger partial charge on any atom is -0.311 e. The number of hydrogen-bond donors (Lipinski definition) is 0. The maximum atomic E-state index is 5.08. The van der Waals surface area contributed by atoms with Gasteiger partial charge in [-0.15, -0.1) is 11.3 Å². The summed E-state index contributed by atoms with van der Waals surface area (Å²) in [6, 6.07) is 120. The Kier molecular flexibility index (Phi) is 12.5. The molecule has 0 saturated carbocycles. The first-order chi connectivity index (χ1) is 45.2. The number of fused-ring (bicyclic) bond motifs is 8. The van der Waals surface area contributed by atoms with E-state index in [0.717, 1.165) is 96.8 Å². The lowest BCUT2D eigenvalue weighted by Gasteiger charge is -2.47. The number of anilines is 18. The van der Waals surface area contributed by atoms with Gasteiger partial charge in [0.15, 0.2) is 0 Å². The molecule has 7 nitrogen and oxygen atoms in total. The standard InChI is InChI=1S/C81H55B2N7S/c1-9-29-56(30-10-1)77-55-76-81(91-77)83-68-53-67-70(54-71(68)89(62-41-21-7-22-42-62)74-49-64(50-75(80(74)83)90(76)63-43-23-8-24-44-63)85(57-31-11-2-12-32-57)58-33-13-3-14-34-58)88(61-39-19-6-20-40-61)73-52-65(86(59-35-15-4-16-36-59)78-47-27-28-48-84-78)51-72-79(73)82(67)66-45-25-26-46-69(66)87(72)60-37-17-5-18-38-60/h1-55H. The van der Waals surface area contributed by atoms with Crippen molar-refractivity contribution in [3.8, 4) is 10.4 Å². The van der Waals surface area contributed by atoms with Crippen molar-refractivity contribution in [2.75, 3.05) is 29.4 Å². The average molecular weight is 1180 g/mol. The smallest absolute Gasteiger partial charge is 0.264 e. The summed E-state index contributed by atoms with van der Waals surface area (Å²) in [5, 5.41) is 0. The van der Waals surface area contributed by atoms with E-state index in [1.165, 1.54) is 48.2 Å². The van der Waals surface area contributed by atoms with E-state index >= 15 is 0 Å². The van der Waals surface area contributed by atoms with Crippen LogP contribution in [-0.2, 0) is 0 Å². The molecule has 0 atom stereocenters. The van der Waals surface area contributed by atoms with E-state index in [1.54, 1.807) is 0 Å². The molecule has 0 fully saturated rings. The van der Waals surface area contributed by atoms with Gasteiger partial charge in [0.25, 0.3) is 13.4 Å². The Bertz CT molecular complexity index is 4950. The van der Waals surface area contributed by atoms with E-state index in [2.05, 4.69) is 351 Å². The second-order valence-electron chi connectivity index (χ2n) is 23.5. The molecule has 0 amide bonds. The molecule has 0 saturated heterocycles. The van der Waals surface area contributed by atoms with Gasteiger partial charge in [0.1, 0.15) is 5.82 Å². The number of rotatable bonds is 11. The first-order valence-electron chi connectivity index (χ1n) is 31.1. The Balaban J connectivity index is 0.972. The van der Waals surface area contributed by atoms with E-state index in [0.29, 0.717) is 0 Å². The zero-order chi connectivity index (χ0) is 59.9. The zero-order valence-corrected chi connectivity index (χ0v) is 50.3. The molecule has 0 unspecified atom stereocenters. The Hall–Kier alpha value is -11.6. The lowest BCUT2D eigenvalue weighted by atomic mass is 9.31. The molecule has 10 heteroatoms. The van der Waals surface area contributed by atoms with Crippen LogP contribution < -0.4 is 61.5 Å². The van der Waals surface area contributed by atoms with Crippen molar-refractivity contribution in [3.05, 3.63) is 334 Å². The molecule has 0 N–H and O–H groups in total. The third-order valence-electron chi connectivity index (χ3n) is 18.3. The van der Waals surface area contributed by atoms with Crippen molar-refractivity contribution in [1.82, 2.24) is 4.98 Å². The summed E-state index contributed by atoms with van der Waals surface area (Å²) in [6.07, 6.45) is 1.89. The van der Waals surface area contributed by atoms with Gasteiger partial charge < -0.3 is 24.5 Å². The molecule has 4 aliphatic heterocycles. The van der Waals surface area contributed by atoms with Crippen molar-refractivity contribution in [2.24, 2.45) is 0 Å². The summed E-state index contributed by atoms with van der Waals surface area (Å²) in [4.78, 5) is 21.2. The number of thiophene rings is 1. The van der Waals surface area contributed by atoms with E-state index in [-0.39, 0.29) is 13.4 Å². The van der Waals surface area contributed by atoms with Crippen molar-refractivity contribution in [3.63, 3.8) is 0 Å². The highest BCUT2D eigenvalue weighted by molar-refractivity contribution is 7.31. The van der Waals surface area contributed by atoms with Crippen LogP contribution in [0, 0.1) is 0 Å². The fraction of sp³-hybridized carbons (Fsp3) is 0. The van der Waals surface area contributed by atoms with Gasteiger partial charge in [-0.3, -0.25) is 4.90 Å². The molecule has 0 spiro atoms. The Morgan fingerprint density at radius 3 is 1.14 bits per heavy atom. The quantitative estimate of drug-likeness (QED) is 0.119. The highest BCUT2D eigenvalue weighted by Gasteiger charge is 2.49. The number of aromatic nitrogens is 1. The van der Waals surface area contributed by atoms with E-state index in [4.69, 9.17) is 4.98 Å². The van der Waals surface area contributed by atoms with Crippen LogP contribution in [0.1, 0.15) is 0 Å². The fourth-order valence-electron chi connectivity index (χ4n) is 14.6. The monoisotopic (exact) mass is 1180 g/mol. The molecule has 0 radical (unpaired) electrons. The molecular formula is C81H55B2N7S. The van der Waals surface area contributed by atoms with Crippen molar-refractivity contribution in [1.29, 1.82) is 0 Å². The van der Waals surface area contributed by atoms with Crippen LogP contribution >= 0.6 is 11.3 Å². The number of nitrogens with zero attached hydrogens (tertiary/aromatic N) is 7. The number of pyridine rings is 1. The van der Waals surface area contributed by atoms with Gasteiger partial charge in [-0.05, 0) is 172 Å². The van der Waals surface area contributed by atoms with E-state index in [1.807, 2.05) is 23.6 Å². The molecule has 6 heterocycles. The predicted octanol–water partition coefficient (Wildman–Crippen LogP) is 17.9. The van der Waals surface area contributed by atoms with Crippen molar-refractivity contribution in [2.45, 2.75) is 0 Å². The van der Waals surface area contributed by atoms with Gasteiger partial charge in [0.2, 0.25) is 0 Å². The van der Waals surface area contributed by atoms with Crippen molar-refractivity contribution < 1.29 is 0 Å². The largest absolute Gasteiger partial charge is 0.311 e. The molecule has 4 aliphatic rings. The maximum Gasteiger partial charge on any atom is 0.264 e. The molecule has 18 rings (SSSR count). The van der Waals surface area contributed by atoms with Crippen LogP contribution in [0.25, 0.3) is 10.4 Å². The molecule has 426 valence electrons. The van der Waals surface area contributed by atoms with Crippen LogP contribution in [0.5, 0.6) is 0 Å².